The van der Waals surface area contributed by atoms with E-state index in [0.29, 0.717) is 24.2 Å². The van der Waals surface area contributed by atoms with E-state index < -0.39 is 19.3 Å². The predicted molar refractivity (Wildman–Crippen MR) is 163 cm³/mol. The molecule has 0 unspecified atom stereocenters. The molecule has 0 radical (unpaired) electrons. The summed E-state index contributed by atoms with van der Waals surface area (Å²) in [6.45, 7) is 11.2. The minimum Gasteiger partial charge on any atom is -0.449 e. The van der Waals surface area contributed by atoms with Crippen molar-refractivity contribution in [2.75, 3.05) is 13.2 Å². The number of ether oxygens (including phenoxy) is 1. The van der Waals surface area contributed by atoms with E-state index in [9.17, 15) is 9.59 Å². The Balaban J connectivity index is 1.02. The smallest absolute Gasteiger partial charge is 0.449 e. The summed E-state index contributed by atoms with van der Waals surface area (Å²) in [5, 5.41) is 5.76. The van der Waals surface area contributed by atoms with Crippen molar-refractivity contribution in [2.45, 2.75) is 83.5 Å². The molecule has 9 heteroatoms. The van der Waals surface area contributed by atoms with E-state index in [1.807, 2.05) is 24.3 Å². The second kappa shape index (κ2) is 11.0. The molecule has 2 aromatic rings. The van der Waals surface area contributed by atoms with Gasteiger partial charge in [-0.15, -0.1) is 0 Å². The molecule has 42 heavy (non-hydrogen) atoms. The van der Waals surface area contributed by atoms with Crippen molar-refractivity contribution in [2.24, 2.45) is 28.9 Å². The number of alkyl carbamates (subject to hydrolysis) is 1. The zero-order valence-electron chi connectivity index (χ0n) is 25.4. The number of fused-ring (bicyclic) bond motifs is 3. The summed E-state index contributed by atoms with van der Waals surface area (Å²) in [5.74, 6) is 0.692. The first-order valence-electron chi connectivity index (χ1n) is 15.5. The van der Waals surface area contributed by atoms with Gasteiger partial charge in [0.1, 0.15) is 12.6 Å². The average Bonchev–Trinajstić information content (AvgIpc) is 3.48. The second-order valence-corrected chi connectivity index (χ2v) is 13.9. The van der Waals surface area contributed by atoms with Gasteiger partial charge in [0.2, 0.25) is 5.91 Å². The third-order valence-electron chi connectivity index (χ3n) is 10.5. The Morgan fingerprint density at radius 1 is 1.05 bits per heavy atom. The van der Waals surface area contributed by atoms with E-state index in [2.05, 4.69) is 69.5 Å². The monoisotopic (exact) mass is 573 g/mol. The van der Waals surface area contributed by atoms with Gasteiger partial charge in [-0.3, -0.25) is 4.79 Å². The number of hydrogen-bond acceptors (Lipinski definition) is 6. The number of carbonyl (C=O) groups is 2. The topological polar surface area (TPSA) is 112 Å². The highest BCUT2D eigenvalue weighted by Crippen LogP contribution is 2.65. The van der Waals surface area contributed by atoms with E-state index in [4.69, 9.17) is 19.8 Å². The summed E-state index contributed by atoms with van der Waals surface area (Å²) in [5.41, 5.74) is 10.7. The fraction of sp³-hybridized carbons (Fsp3) is 0.576. The van der Waals surface area contributed by atoms with Crippen LogP contribution < -0.4 is 16.4 Å². The van der Waals surface area contributed by atoms with Crippen LogP contribution in [-0.4, -0.2) is 56.0 Å². The maximum absolute atomic E-state index is 13.2. The third-order valence-corrected chi connectivity index (χ3v) is 10.5. The fourth-order valence-electron chi connectivity index (χ4n) is 8.04. The van der Waals surface area contributed by atoms with Crippen LogP contribution in [0.3, 0.4) is 0 Å². The lowest BCUT2D eigenvalue weighted by Gasteiger charge is -2.64. The van der Waals surface area contributed by atoms with Gasteiger partial charge in [0.25, 0.3) is 0 Å². The molecule has 4 N–H and O–H groups in total. The normalized spacial score (nSPS) is 28.3. The summed E-state index contributed by atoms with van der Waals surface area (Å²) >= 11 is 0. The van der Waals surface area contributed by atoms with Crippen molar-refractivity contribution < 1.29 is 23.6 Å². The highest BCUT2D eigenvalue weighted by atomic mass is 16.7. The Morgan fingerprint density at radius 3 is 2.31 bits per heavy atom. The van der Waals surface area contributed by atoms with Crippen molar-refractivity contribution >= 4 is 19.1 Å². The maximum Gasteiger partial charge on any atom is 0.481 e. The van der Waals surface area contributed by atoms with Gasteiger partial charge in [-0.1, -0.05) is 76.2 Å². The van der Waals surface area contributed by atoms with Gasteiger partial charge in [-0.05, 0) is 71.6 Å². The molecule has 0 aromatic heterocycles. The zero-order chi connectivity index (χ0) is 29.8. The number of hydrogen-bond donors (Lipinski definition) is 3. The van der Waals surface area contributed by atoms with Gasteiger partial charge in [-0.2, -0.15) is 0 Å². The van der Waals surface area contributed by atoms with Crippen LogP contribution in [0.15, 0.2) is 48.5 Å². The lowest BCUT2D eigenvalue weighted by atomic mass is 9.43. The largest absolute Gasteiger partial charge is 0.481 e. The average molecular weight is 574 g/mol. The van der Waals surface area contributed by atoms with Crippen LogP contribution >= 0.6 is 0 Å². The standard InChI is InChI=1S/C33H44BN3O5/c1-19(2)14-29(34-41-28-16-20-15-27(32(20,3)4)33(28,5)42-34)37-30(38)26(35)17-36-31(39)40-18-25-23-12-8-6-10-21(23)22-11-7-9-13-24(22)25/h6-13,19-20,25-29H,14-18,35H2,1-5H3,(H,36,39)(H,37,38)/t20-,26-,27-,28+,29-,33-/m0/s1. The minimum atomic E-state index is -0.939. The SMILES string of the molecule is CC(C)C[C@H](NC(=O)[C@@H](N)CNC(=O)OCC1c2ccccc2-c2ccccc21)B1O[C@@H]2C[C@@H]3C[C@@H](C3(C)C)[C@]2(C)O1. The van der Waals surface area contributed by atoms with E-state index in [1.54, 1.807) is 0 Å². The summed E-state index contributed by atoms with van der Waals surface area (Å²) in [6.07, 6.45) is 2.30. The Hall–Kier alpha value is -2.88. The molecule has 1 heterocycles. The lowest BCUT2D eigenvalue weighted by Crippen LogP contribution is -2.65. The first-order chi connectivity index (χ1) is 20.0. The van der Waals surface area contributed by atoms with Crippen LogP contribution in [0.25, 0.3) is 11.1 Å². The molecule has 1 aliphatic heterocycles. The Labute approximate surface area is 249 Å². The lowest BCUT2D eigenvalue weighted by molar-refractivity contribution is -0.199. The van der Waals surface area contributed by atoms with Gasteiger partial charge >= 0.3 is 13.2 Å². The number of nitrogens with one attached hydrogen (secondary N) is 2. The van der Waals surface area contributed by atoms with Crippen LogP contribution in [0.5, 0.6) is 0 Å². The molecule has 2 bridgehead atoms. The van der Waals surface area contributed by atoms with Crippen molar-refractivity contribution in [1.29, 1.82) is 0 Å². The Bertz CT molecular complexity index is 1300. The number of rotatable bonds is 9. The number of carbonyl (C=O) groups excluding carboxylic acids is 2. The number of amides is 2. The van der Waals surface area contributed by atoms with Crippen molar-refractivity contribution in [3.63, 3.8) is 0 Å². The van der Waals surface area contributed by atoms with Crippen LogP contribution in [-0.2, 0) is 18.8 Å². The number of benzene rings is 2. The molecule has 1 saturated heterocycles. The van der Waals surface area contributed by atoms with Crippen LogP contribution in [0.4, 0.5) is 4.79 Å². The minimum absolute atomic E-state index is 0.0367. The molecule has 2 aromatic carbocycles. The first-order valence-corrected chi connectivity index (χ1v) is 15.5. The molecular weight excluding hydrogens is 529 g/mol. The highest BCUT2D eigenvalue weighted by molar-refractivity contribution is 6.47. The van der Waals surface area contributed by atoms with Crippen molar-refractivity contribution in [3.8, 4) is 11.1 Å². The van der Waals surface area contributed by atoms with E-state index in [1.165, 1.54) is 17.5 Å². The van der Waals surface area contributed by atoms with Crippen LogP contribution in [0.2, 0.25) is 0 Å². The van der Waals surface area contributed by atoms with Crippen molar-refractivity contribution in [1.82, 2.24) is 10.6 Å². The molecule has 224 valence electrons. The molecule has 5 aliphatic rings. The molecular formula is C33H44BN3O5. The molecule has 2 amide bonds. The number of nitrogens with two attached hydrogens (primary N) is 1. The predicted octanol–water partition coefficient (Wildman–Crippen LogP) is 4.65. The van der Waals surface area contributed by atoms with Gasteiger partial charge < -0.3 is 30.4 Å². The quantitative estimate of drug-likeness (QED) is 0.377. The molecule has 4 aliphatic carbocycles. The van der Waals surface area contributed by atoms with Crippen LogP contribution in [0, 0.1) is 23.2 Å². The first kappa shape index (κ1) is 29.2. The van der Waals surface area contributed by atoms with Crippen LogP contribution in [0.1, 0.15) is 70.9 Å². The summed E-state index contributed by atoms with van der Waals surface area (Å²) in [6, 6.07) is 15.4. The Kier molecular flexibility index (Phi) is 7.65. The van der Waals surface area contributed by atoms with Gasteiger partial charge in [0, 0.05) is 12.5 Å². The summed E-state index contributed by atoms with van der Waals surface area (Å²) in [4.78, 5) is 25.8. The zero-order valence-corrected chi connectivity index (χ0v) is 25.4. The molecule has 8 nitrogen and oxygen atoms in total. The summed E-state index contributed by atoms with van der Waals surface area (Å²) in [7, 11) is -0.524. The fourth-order valence-corrected chi connectivity index (χ4v) is 8.04. The van der Waals surface area contributed by atoms with Gasteiger partial charge in [0.15, 0.2) is 0 Å². The summed E-state index contributed by atoms with van der Waals surface area (Å²) < 4.78 is 18.7. The molecule has 4 fully saturated rings. The maximum atomic E-state index is 13.2. The second-order valence-electron chi connectivity index (χ2n) is 13.9. The van der Waals surface area contributed by atoms with E-state index in [-0.39, 0.29) is 48.0 Å². The highest BCUT2D eigenvalue weighted by Gasteiger charge is 2.68. The molecule has 0 spiro atoms. The van der Waals surface area contributed by atoms with E-state index in [0.717, 1.165) is 17.5 Å². The molecule has 7 rings (SSSR count). The molecule has 3 saturated carbocycles. The van der Waals surface area contributed by atoms with E-state index >= 15 is 0 Å². The molecule has 6 atom stereocenters. The van der Waals surface area contributed by atoms with Gasteiger partial charge in [0.05, 0.1) is 17.6 Å². The van der Waals surface area contributed by atoms with Gasteiger partial charge in [-0.25, -0.2) is 4.79 Å². The third kappa shape index (κ3) is 5.03. The van der Waals surface area contributed by atoms with Crippen molar-refractivity contribution in [3.05, 3.63) is 59.7 Å². The Morgan fingerprint density at radius 2 is 1.69 bits per heavy atom.